The van der Waals surface area contributed by atoms with Crippen LogP contribution >= 0.6 is 11.6 Å². The Morgan fingerprint density at radius 3 is 2.87 bits per heavy atom. The smallest absolute Gasteiger partial charge is 0.410 e. The molecule has 1 aromatic rings. The summed E-state index contributed by atoms with van der Waals surface area (Å²) in [5.74, 6) is 0.878. The van der Waals surface area contributed by atoms with Gasteiger partial charge in [-0.2, -0.15) is 0 Å². The highest BCUT2D eigenvalue weighted by molar-refractivity contribution is 6.29. The van der Waals surface area contributed by atoms with E-state index >= 15 is 0 Å². The van der Waals surface area contributed by atoms with Crippen LogP contribution in [0.4, 0.5) is 10.7 Å². The van der Waals surface area contributed by atoms with Crippen molar-refractivity contribution < 1.29 is 9.53 Å². The lowest BCUT2D eigenvalue weighted by Gasteiger charge is -2.34. The molecule has 0 bridgehead atoms. The standard InChI is InChI=1S/C16H25ClN4O2/c1-11-8-13(17)20-14(19-11)18-9-12-6-5-7-21(10-12)15(22)23-16(2,3)4/h8,12H,5-7,9-10H2,1-4H3,(H,18,19,20). The van der Waals surface area contributed by atoms with Crippen molar-refractivity contribution in [3.8, 4) is 0 Å². The molecule has 1 unspecified atom stereocenters. The van der Waals surface area contributed by atoms with E-state index in [0.717, 1.165) is 25.1 Å². The molecule has 128 valence electrons. The second-order valence-corrected chi connectivity index (χ2v) is 7.36. The van der Waals surface area contributed by atoms with Gasteiger partial charge in [0.25, 0.3) is 0 Å². The highest BCUT2D eigenvalue weighted by Crippen LogP contribution is 2.20. The largest absolute Gasteiger partial charge is 0.444 e. The van der Waals surface area contributed by atoms with E-state index in [9.17, 15) is 4.79 Å². The van der Waals surface area contributed by atoms with Crippen LogP contribution in [0.1, 0.15) is 39.3 Å². The summed E-state index contributed by atoms with van der Waals surface area (Å²) in [6.45, 7) is 9.66. The van der Waals surface area contributed by atoms with E-state index < -0.39 is 5.60 Å². The summed E-state index contributed by atoms with van der Waals surface area (Å²) in [6.07, 6.45) is 1.80. The fraction of sp³-hybridized carbons (Fsp3) is 0.688. The maximum Gasteiger partial charge on any atom is 0.410 e. The summed E-state index contributed by atoms with van der Waals surface area (Å²) >= 11 is 5.94. The molecular weight excluding hydrogens is 316 g/mol. The van der Waals surface area contributed by atoms with E-state index in [0.29, 0.717) is 30.1 Å². The maximum atomic E-state index is 12.2. The molecule has 1 saturated heterocycles. The number of rotatable bonds is 3. The molecule has 2 rings (SSSR count). The van der Waals surface area contributed by atoms with Crippen LogP contribution in [0.25, 0.3) is 0 Å². The first kappa shape index (κ1) is 17.8. The predicted molar refractivity (Wildman–Crippen MR) is 90.8 cm³/mol. The minimum Gasteiger partial charge on any atom is -0.444 e. The molecule has 1 N–H and O–H groups in total. The molecule has 0 saturated carbocycles. The first-order chi connectivity index (χ1) is 10.7. The zero-order valence-corrected chi connectivity index (χ0v) is 15.0. The van der Waals surface area contributed by atoms with Crippen LogP contribution in [0.5, 0.6) is 0 Å². The summed E-state index contributed by atoms with van der Waals surface area (Å²) in [7, 11) is 0. The summed E-state index contributed by atoms with van der Waals surface area (Å²) in [4.78, 5) is 22.4. The number of amides is 1. The van der Waals surface area contributed by atoms with Gasteiger partial charge in [-0.3, -0.25) is 0 Å². The number of nitrogens with one attached hydrogen (secondary N) is 1. The Bertz CT molecular complexity index is 539. The Morgan fingerprint density at radius 2 is 2.22 bits per heavy atom. The number of piperidine rings is 1. The van der Waals surface area contributed by atoms with Crippen LogP contribution in [0, 0.1) is 12.8 Å². The molecule has 7 heteroatoms. The average Bonchev–Trinajstić information content (AvgIpc) is 2.43. The molecule has 0 aliphatic carbocycles. The zero-order valence-electron chi connectivity index (χ0n) is 14.2. The lowest BCUT2D eigenvalue weighted by Crippen LogP contribution is -2.44. The molecular formula is C16H25ClN4O2. The minimum atomic E-state index is -0.464. The predicted octanol–water partition coefficient (Wildman–Crippen LogP) is 3.50. The Labute approximate surface area is 142 Å². The number of ether oxygens (including phenoxy) is 1. The van der Waals surface area contributed by atoms with Gasteiger partial charge < -0.3 is 15.0 Å². The van der Waals surface area contributed by atoms with Gasteiger partial charge in [0.1, 0.15) is 10.8 Å². The molecule has 23 heavy (non-hydrogen) atoms. The Morgan fingerprint density at radius 1 is 1.48 bits per heavy atom. The van der Waals surface area contributed by atoms with Gasteiger partial charge in [-0.25, -0.2) is 14.8 Å². The van der Waals surface area contributed by atoms with Crippen molar-refractivity contribution in [1.29, 1.82) is 0 Å². The topological polar surface area (TPSA) is 67.4 Å². The quantitative estimate of drug-likeness (QED) is 0.853. The van der Waals surface area contributed by atoms with Gasteiger partial charge in [0, 0.05) is 25.3 Å². The Balaban J connectivity index is 1.87. The zero-order chi connectivity index (χ0) is 17.0. The maximum absolute atomic E-state index is 12.2. The first-order valence-electron chi connectivity index (χ1n) is 7.96. The van der Waals surface area contributed by atoms with Gasteiger partial charge in [0.15, 0.2) is 0 Å². The first-order valence-corrected chi connectivity index (χ1v) is 8.34. The number of anilines is 1. The van der Waals surface area contributed by atoms with Crippen molar-refractivity contribution in [3.63, 3.8) is 0 Å². The third-order valence-corrected chi connectivity index (χ3v) is 3.74. The summed E-state index contributed by atoms with van der Waals surface area (Å²) in [6, 6.07) is 1.72. The normalized spacial score (nSPS) is 18.7. The van der Waals surface area contributed by atoms with Gasteiger partial charge in [-0.05, 0) is 52.5 Å². The fourth-order valence-electron chi connectivity index (χ4n) is 2.57. The van der Waals surface area contributed by atoms with E-state index in [4.69, 9.17) is 16.3 Å². The van der Waals surface area contributed by atoms with E-state index in [1.165, 1.54) is 0 Å². The summed E-state index contributed by atoms with van der Waals surface area (Å²) in [5.41, 5.74) is 0.362. The van der Waals surface area contributed by atoms with E-state index in [1.54, 1.807) is 11.0 Å². The molecule has 6 nitrogen and oxygen atoms in total. The second kappa shape index (κ2) is 7.34. The van der Waals surface area contributed by atoms with Crippen LogP contribution < -0.4 is 5.32 Å². The van der Waals surface area contributed by atoms with Crippen molar-refractivity contribution in [3.05, 3.63) is 16.9 Å². The number of halogens is 1. The lowest BCUT2D eigenvalue weighted by molar-refractivity contribution is 0.0172. The number of aryl methyl sites for hydroxylation is 1. The molecule has 1 aliphatic heterocycles. The van der Waals surface area contributed by atoms with Gasteiger partial charge in [-0.1, -0.05) is 11.6 Å². The van der Waals surface area contributed by atoms with Crippen LogP contribution in [0.3, 0.4) is 0 Å². The average molecular weight is 341 g/mol. The highest BCUT2D eigenvalue weighted by atomic mass is 35.5. The van der Waals surface area contributed by atoms with Crippen LogP contribution in [-0.2, 0) is 4.74 Å². The number of aromatic nitrogens is 2. The summed E-state index contributed by atoms with van der Waals surface area (Å²) in [5, 5.41) is 3.65. The molecule has 1 amide bonds. The molecule has 1 fully saturated rings. The van der Waals surface area contributed by atoms with Crippen molar-refractivity contribution in [2.75, 3.05) is 25.0 Å². The highest BCUT2D eigenvalue weighted by Gasteiger charge is 2.27. The van der Waals surface area contributed by atoms with E-state index in [2.05, 4.69) is 15.3 Å². The fourth-order valence-corrected chi connectivity index (χ4v) is 2.81. The number of likely N-dealkylation sites (tertiary alicyclic amines) is 1. The minimum absolute atomic E-state index is 0.239. The molecule has 0 spiro atoms. The van der Waals surface area contributed by atoms with Crippen LogP contribution in [0.15, 0.2) is 6.07 Å². The number of nitrogens with zero attached hydrogens (tertiary/aromatic N) is 3. The summed E-state index contributed by atoms with van der Waals surface area (Å²) < 4.78 is 5.44. The Hall–Kier alpha value is -1.56. The third kappa shape index (κ3) is 5.86. The molecule has 2 heterocycles. The number of hydrogen-bond acceptors (Lipinski definition) is 5. The molecule has 0 aromatic carbocycles. The Kier molecular flexibility index (Phi) is 5.68. The van der Waals surface area contributed by atoms with Crippen LogP contribution in [0.2, 0.25) is 5.15 Å². The van der Waals surface area contributed by atoms with Crippen LogP contribution in [-0.4, -0.2) is 46.2 Å². The number of carbonyl (C=O) groups excluding carboxylic acids is 1. The van der Waals surface area contributed by atoms with Gasteiger partial charge in [0.05, 0.1) is 0 Å². The number of carbonyl (C=O) groups is 1. The van der Waals surface area contributed by atoms with E-state index in [-0.39, 0.29) is 6.09 Å². The third-order valence-electron chi connectivity index (χ3n) is 3.54. The molecule has 1 aromatic heterocycles. The van der Waals surface area contributed by atoms with Crippen molar-refractivity contribution in [2.24, 2.45) is 5.92 Å². The monoisotopic (exact) mass is 340 g/mol. The van der Waals surface area contributed by atoms with E-state index in [1.807, 2.05) is 27.7 Å². The molecule has 1 aliphatic rings. The van der Waals surface area contributed by atoms with Crippen molar-refractivity contribution >= 4 is 23.6 Å². The molecule has 0 radical (unpaired) electrons. The second-order valence-electron chi connectivity index (χ2n) is 6.97. The molecule has 1 atom stereocenters. The number of hydrogen-bond donors (Lipinski definition) is 1. The van der Waals surface area contributed by atoms with Gasteiger partial charge in [-0.15, -0.1) is 0 Å². The van der Waals surface area contributed by atoms with Crippen molar-refractivity contribution in [1.82, 2.24) is 14.9 Å². The van der Waals surface area contributed by atoms with Crippen molar-refractivity contribution in [2.45, 2.75) is 46.1 Å². The van der Waals surface area contributed by atoms with Gasteiger partial charge in [0.2, 0.25) is 5.95 Å². The SMILES string of the molecule is Cc1cc(Cl)nc(NCC2CCCN(C(=O)OC(C)(C)C)C2)n1. The lowest BCUT2D eigenvalue weighted by atomic mass is 9.98. The van der Waals surface area contributed by atoms with Gasteiger partial charge >= 0.3 is 6.09 Å².